The molecule has 0 radical (unpaired) electrons. The Bertz CT molecular complexity index is 1310. The molecule has 0 unspecified atom stereocenters. The molecule has 0 atom stereocenters. The van der Waals surface area contributed by atoms with Crippen molar-refractivity contribution in [3.8, 4) is 5.69 Å². The first-order valence-electron chi connectivity index (χ1n) is 8.68. The van der Waals surface area contributed by atoms with Gasteiger partial charge in [0, 0.05) is 6.20 Å². The number of pyridine rings is 1. The van der Waals surface area contributed by atoms with Crippen LogP contribution in [0.25, 0.3) is 16.7 Å². The third-order valence-corrected chi connectivity index (χ3v) is 4.51. The van der Waals surface area contributed by atoms with Crippen molar-refractivity contribution in [2.45, 2.75) is 12.7 Å². The van der Waals surface area contributed by atoms with Gasteiger partial charge in [0.1, 0.15) is 0 Å². The minimum absolute atomic E-state index is 0.189. The van der Waals surface area contributed by atoms with Crippen LogP contribution in [0.5, 0.6) is 0 Å². The highest BCUT2D eigenvalue weighted by molar-refractivity contribution is 5.75. The van der Waals surface area contributed by atoms with Crippen LogP contribution in [-0.2, 0) is 12.7 Å². The first-order valence-corrected chi connectivity index (χ1v) is 8.68. The van der Waals surface area contributed by atoms with E-state index >= 15 is 0 Å². The maximum absolute atomic E-state index is 13.2. The predicted octanol–water partition coefficient (Wildman–Crippen LogP) is 3.61. The Balaban J connectivity index is 1.95. The fourth-order valence-electron chi connectivity index (χ4n) is 3.16. The van der Waals surface area contributed by atoms with Crippen LogP contribution in [0.1, 0.15) is 11.1 Å². The van der Waals surface area contributed by atoms with Crippen molar-refractivity contribution < 1.29 is 13.2 Å². The summed E-state index contributed by atoms with van der Waals surface area (Å²) in [6.45, 7) is -0.292. The molecular formula is C21H14F3N3O2. The second-order valence-electron chi connectivity index (χ2n) is 6.42. The molecule has 0 saturated carbocycles. The highest BCUT2D eigenvalue weighted by atomic mass is 19.4. The molecule has 0 saturated heterocycles. The summed E-state index contributed by atoms with van der Waals surface area (Å²) >= 11 is 0. The van der Waals surface area contributed by atoms with Gasteiger partial charge in [0.05, 0.1) is 23.2 Å². The number of hydrogen-bond acceptors (Lipinski definition) is 3. The number of alkyl halides is 3. The molecule has 2 heterocycles. The van der Waals surface area contributed by atoms with Crippen molar-refractivity contribution in [2.24, 2.45) is 0 Å². The number of benzene rings is 2. The van der Waals surface area contributed by atoms with Gasteiger partial charge in [-0.1, -0.05) is 30.3 Å². The van der Waals surface area contributed by atoms with Gasteiger partial charge in [-0.05, 0) is 42.0 Å². The molecule has 0 fully saturated rings. The number of hydrogen-bond donors (Lipinski definition) is 0. The first kappa shape index (κ1) is 18.7. The topological polar surface area (TPSA) is 56.9 Å². The lowest BCUT2D eigenvalue weighted by Crippen LogP contribution is -2.40. The first-order chi connectivity index (χ1) is 13.9. The van der Waals surface area contributed by atoms with Crippen molar-refractivity contribution in [3.05, 3.63) is 105 Å². The Hall–Kier alpha value is -3.68. The summed E-state index contributed by atoms with van der Waals surface area (Å²) in [5.41, 5.74) is -1.24. The summed E-state index contributed by atoms with van der Waals surface area (Å²) < 4.78 is 41.3. The molecule has 0 aliphatic carbocycles. The zero-order valence-electron chi connectivity index (χ0n) is 14.9. The molecule has 0 aliphatic heterocycles. The molecule has 2 aromatic heterocycles. The van der Waals surface area contributed by atoms with E-state index < -0.39 is 23.0 Å². The molecule has 29 heavy (non-hydrogen) atoms. The molecule has 0 amide bonds. The van der Waals surface area contributed by atoms with Crippen LogP contribution in [0, 0.1) is 0 Å². The Morgan fingerprint density at radius 2 is 1.66 bits per heavy atom. The Morgan fingerprint density at radius 3 is 2.38 bits per heavy atom. The van der Waals surface area contributed by atoms with E-state index in [0.29, 0.717) is 5.69 Å². The second kappa shape index (κ2) is 7.05. The second-order valence-corrected chi connectivity index (χ2v) is 6.42. The zero-order valence-corrected chi connectivity index (χ0v) is 14.9. The minimum atomic E-state index is -4.52. The van der Waals surface area contributed by atoms with Crippen molar-refractivity contribution in [3.63, 3.8) is 0 Å². The third kappa shape index (κ3) is 3.44. The van der Waals surface area contributed by atoms with Crippen LogP contribution in [0.15, 0.2) is 82.5 Å². The van der Waals surface area contributed by atoms with E-state index in [2.05, 4.69) is 4.98 Å². The normalized spacial score (nSPS) is 11.7. The fraction of sp³-hybridized carbons (Fsp3) is 0.0952. The summed E-state index contributed by atoms with van der Waals surface area (Å²) in [6.07, 6.45) is -3.05. The largest absolute Gasteiger partial charge is 0.416 e. The van der Waals surface area contributed by atoms with E-state index in [9.17, 15) is 22.8 Å². The van der Waals surface area contributed by atoms with E-state index in [1.165, 1.54) is 29.0 Å². The number of para-hydroxylation sites is 1. The summed E-state index contributed by atoms with van der Waals surface area (Å²) in [6, 6.07) is 16.3. The summed E-state index contributed by atoms with van der Waals surface area (Å²) in [5, 5.41) is 0.197. The number of halogens is 3. The average Bonchev–Trinajstić information content (AvgIpc) is 2.72. The third-order valence-electron chi connectivity index (χ3n) is 4.51. The van der Waals surface area contributed by atoms with Gasteiger partial charge >= 0.3 is 11.9 Å². The Kier molecular flexibility index (Phi) is 4.54. The number of aromatic nitrogens is 3. The lowest BCUT2D eigenvalue weighted by atomic mass is 10.1. The van der Waals surface area contributed by atoms with Crippen molar-refractivity contribution >= 4 is 11.0 Å². The molecule has 5 nitrogen and oxygen atoms in total. The number of fused-ring (bicyclic) bond motifs is 1. The van der Waals surface area contributed by atoms with E-state index in [0.717, 1.165) is 16.7 Å². The molecule has 146 valence electrons. The van der Waals surface area contributed by atoms with Crippen molar-refractivity contribution in [1.29, 1.82) is 0 Å². The SMILES string of the molecule is O=c1c2cccnc2n(-c2ccccc2)c(=O)n1Cc1cccc(C(F)(F)F)c1. The van der Waals surface area contributed by atoms with Crippen LogP contribution in [0.4, 0.5) is 13.2 Å². The van der Waals surface area contributed by atoms with Crippen molar-refractivity contribution in [1.82, 2.24) is 14.1 Å². The molecule has 8 heteroatoms. The smallest absolute Gasteiger partial charge is 0.268 e. The van der Waals surface area contributed by atoms with E-state index in [1.807, 2.05) is 0 Å². The van der Waals surface area contributed by atoms with Crippen LogP contribution in [0.3, 0.4) is 0 Å². The van der Waals surface area contributed by atoms with Crippen LogP contribution in [-0.4, -0.2) is 14.1 Å². The van der Waals surface area contributed by atoms with Gasteiger partial charge in [0.2, 0.25) is 0 Å². The van der Waals surface area contributed by atoms with E-state index in [1.54, 1.807) is 36.4 Å². The van der Waals surface area contributed by atoms with E-state index in [4.69, 9.17) is 0 Å². The summed E-state index contributed by atoms with van der Waals surface area (Å²) in [7, 11) is 0. The van der Waals surface area contributed by atoms with Gasteiger partial charge in [-0.25, -0.2) is 14.3 Å². The predicted molar refractivity (Wildman–Crippen MR) is 102 cm³/mol. The number of nitrogens with zero attached hydrogens (tertiary/aromatic N) is 3. The Morgan fingerprint density at radius 1 is 0.897 bits per heavy atom. The van der Waals surface area contributed by atoms with Gasteiger partial charge in [-0.2, -0.15) is 13.2 Å². The van der Waals surface area contributed by atoms with Crippen LogP contribution < -0.4 is 11.2 Å². The minimum Gasteiger partial charge on any atom is -0.268 e. The van der Waals surface area contributed by atoms with Gasteiger partial charge in [-0.3, -0.25) is 9.36 Å². The molecule has 4 rings (SSSR count). The van der Waals surface area contributed by atoms with Crippen LogP contribution in [0.2, 0.25) is 0 Å². The maximum atomic E-state index is 13.2. The number of rotatable bonds is 3. The highest BCUT2D eigenvalue weighted by Crippen LogP contribution is 2.29. The van der Waals surface area contributed by atoms with Gasteiger partial charge in [0.15, 0.2) is 5.65 Å². The van der Waals surface area contributed by atoms with Gasteiger partial charge < -0.3 is 0 Å². The van der Waals surface area contributed by atoms with Crippen LogP contribution >= 0.6 is 0 Å². The van der Waals surface area contributed by atoms with Crippen molar-refractivity contribution in [2.75, 3.05) is 0 Å². The standard InChI is InChI=1S/C21H14F3N3O2/c22-21(23,24)15-7-4-6-14(12-15)13-26-19(28)17-10-5-11-25-18(17)27(20(26)29)16-8-2-1-3-9-16/h1-12H,13H2. The zero-order chi connectivity index (χ0) is 20.6. The monoisotopic (exact) mass is 397 g/mol. The average molecular weight is 397 g/mol. The molecular weight excluding hydrogens is 383 g/mol. The molecule has 0 bridgehead atoms. The quantitative estimate of drug-likeness (QED) is 0.531. The highest BCUT2D eigenvalue weighted by Gasteiger charge is 2.30. The van der Waals surface area contributed by atoms with E-state index in [-0.39, 0.29) is 23.1 Å². The molecule has 0 spiro atoms. The lowest BCUT2D eigenvalue weighted by Gasteiger charge is -2.14. The molecule has 0 N–H and O–H groups in total. The summed E-state index contributed by atoms with van der Waals surface area (Å²) in [4.78, 5) is 30.2. The molecule has 4 aromatic rings. The molecule has 2 aromatic carbocycles. The van der Waals surface area contributed by atoms with Gasteiger partial charge in [0.25, 0.3) is 5.56 Å². The summed E-state index contributed by atoms with van der Waals surface area (Å²) in [5.74, 6) is 0. The fourth-order valence-corrected chi connectivity index (χ4v) is 3.16. The lowest BCUT2D eigenvalue weighted by molar-refractivity contribution is -0.137. The maximum Gasteiger partial charge on any atom is 0.416 e. The molecule has 0 aliphatic rings. The van der Waals surface area contributed by atoms with Gasteiger partial charge in [-0.15, -0.1) is 0 Å². The Labute approximate surface area is 162 Å².